The highest BCUT2D eigenvalue weighted by Crippen LogP contribution is 2.11. The number of hydrogen-bond acceptors (Lipinski definition) is 2. The summed E-state index contributed by atoms with van der Waals surface area (Å²) in [5.74, 6) is -0.185. The fourth-order valence-corrected chi connectivity index (χ4v) is 0.978. The second kappa shape index (κ2) is 4.60. The molecular formula is C10H12FNO. The first-order chi connectivity index (χ1) is 6.20. The van der Waals surface area contributed by atoms with Crippen molar-refractivity contribution in [3.8, 4) is 0 Å². The lowest BCUT2D eigenvalue weighted by atomic mass is 10.2. The van der Waals surface area contributed by atoms with E-state index in [0.717, 1.165) is 0 Å². The van der Waals surface area contributed by atoms with E-state index in [9.17, 15) is 9.18 Å². The summed E-state index contributed by atoms with van der Waals surface area (Å²) in [6.45, 7) is 2.00. The van der Waals surface area contributed by atoms with Gasteiger partial charge in [0.15, 0.2) is 0 Å². The first kappa shape index (κ1) is 9.71. The van der Waals surface area contributed by atoms with Crippen LogP contribution in [0.3, 0.4) is 0 Å². The summed E-state index contributed by atoms with van der Waals surface area (Å²) in [6.07, 6.45) is 0.425. The van der Waals surface area contributed by atoms with E-state index in [4.69, 9.17) is 0 Å². The highest BCUT2D eigenvalue weighted by molar-refractivity contribution is 5.76. The molecule has 0 aromatic heterocycles. The number of rotatable bonds is 4. The smallest absolute Gasteiger partial charge is 0.146 e. The van der Waals surface area contributed by atoms with E-state index in [2.05, 4.69) is 5.32 Å². The Morgan fingerprint density at radius 1 is 1.46 bits per heavy atom. The molecule has 0 aliphatic heterocycles. The summed E-state index contributed by atoms with van der Waals surface area (Å²) < 4.78 is 13.0. The number of ketones is 1. The van der Waals surface area contributed by atoms with Crippen LogP contribution in [0.2, 0.25) is 0 Å². The van der Waals surface area contributed by atoms with Crippen molar-refractivity contribution in [2.75, 3.05) is 11.9 Å². The summed E-state index contributed by atoms with van der Waals surface area (Å²) in [5, 5.41) is 2.85. The third-order valence-electron chi connectivity index (χ3n) is 1.67. The molecule has 0 amide bonds. The van der Waals surface area contributed by atoms with Crippen molar-refractivity contribution >= 4 is 11.5 Å². The second-order valence-corrected chi connectivity index (χ2v) is 2.86. The Balaban J connectivity index is 2.45. The van der Waals surface area contributed by atoms with Crippen LogP contribution in [-0.2, 0) is 4.79 Å². The lowest BCUT2D eigenvalue weighted by Gasteiger charge is -2.04. The molecule has 3 heteroatoms. The van der Waals surface area contributed by atoms with Crippen molar-refractivity contribution in [2.45, 2.75) is 13.3 Å². The summed E-state index contributed by atoms with van der Waals surface area (Å²) in [7, 11) is 0. The number of para-hydroxylation sites is 1. The number of anilines is 1. The van der Waals surface area contributed by atoms with E-state index in [1.165, 1.54) is 13.0 Å². The summed E-state index contributed by atoms with van der Waals surface area (Å²) in [6, 6.07) is 6.41. The predicted molar refractivity (Wildman–Crippen MR) is 50.2 cm³/mol. The van der Waals surface area contributed by atoms with Crippen molar-refractivity contribution in [2.24, 2.45) is 0 Å². The van der Waals surface area contributed by atoms with Crippen LogP contribution in [0.5, 0.6) is 0 Å². The minimum absolute atomic E-state index is 0.101. The summed E-state index contributed by atoms with van der Waals surface area (Å²) in [5.41, 5.74) is 0.448. The van der Waals surface area contributed by atoms with Gasteiger partial charge in [0, 0.05) is 13.0 Å². The van der Waals surface area contributed by atoms with Crippen molar-refractivity contribution in [3.63, 3.8) is 0 Å². The third kappa shape index (κ3) is 3.23. The molecular weight excluding hydrogens is 169 g/mol. The van der Waals surface area contributed by atoms with E-state index in [0.29, 0.717) is 18.7 Å². The fraction of sp³-hybridized carbons (Fsp3) is 0.300. The zero-order valence-corrected chi connectivity index (χ0v) is 7.51. The van der Waals surface area contributed by atoms with Gasteiger partial charge in [0.2, 0.25) is 0 Å². The molecule has 2 nitrogen and oxygen atoms in total. The highest BCUT2D eigenvalue weighted by atomic mass is 19.1. The van der Waals surface area contributed by atoms with Crippen LogP contribution in [0.25, 0.3) is 0 Å². The van der Waals surface area contributed by atoms with Crippen molar-refractivity contribution < 1.29 is 9.18 Å². The first-order valence-electron chi connectivity index (χ1n) is 4.18. The number of carbonyl (C=O) groups is 1. The number of halogens is 1. The van der Waals surface area contributed by atoms with Gasteiger partial charge in [0.1, 0.15) is 11.6 Å². The zero-order valence-electron chi connectivity index (χ0n) is 7.51. The summed E-state index contributed by atoms with van der Waals surface area (Å²) in [4.78, 5) is 10.6. The molecule has 0 unspecified atom stereocenters. The van der Waals surface area contributed by atoms with Gasteiger partial charge in [-0.15, -0.1) is 0 Å². The van der Waals surface area contributed by atoms with Crippen LogP contribution in [-0.4, -0.2) is 12.3 Å². The minimum atomic E-state index is -0.286. The Morgan fingerprint density at radius 2 is 2.15 bits per heavy atom. The van der Waals surface area contributed by atoms with Crippen LogP contribution in [0.15, 0.2) is 24.3 Å². The van der Waals surface area contributed by atoms with E-state index in [1.807, 2.05) is 0 Å². The molecule has 0 heterocycles. The standard InChI is InChI=1S/C10H12FNO/c1-8(13)6-7-12-10-5-3-2-4-9(10)11/h2-5,12H,6-7H2,1H3. The Kier molecular flexibility index (Phi) is 3.43. The van der Waals surface area contributed by atoms with Crippen LogP contribution in [0, 0.1) is 5.82 Å². The molecule has 1 rings (SSSR count). The SMILES string of the molecule is CC(=O)CCNc1ccccc1F. The number of benzene rings is 1. The van der Waals surface area contributed by atoms with E-state index in [1.54, 1.807) is 18.2 Å². The van der Waals surface area contributed by atoms with Gasteiger partial charge in [-0.25, -0.2) is 4.39 Å². The molecule has 0 bridgehead atoms. The maximum Gasteiger partial charge on any atom is 0.146 e. The molecule has 0 fully saturated rings. The van der Waals surface area contributed by atoms with Gasteiger partial charge in [-0.1, -0.05) is 12.1 Å². The lowest BCUT2D eigenvalue weighted by Crippen LogP contribution is -2.06. The molecule has 0 aliphatic carbocycles. The van der Waals surface area contributed by atoms with Gasteiger partial charge in [0.05, 0.1) is 5.69 Å². The minimum Gasteiger partial charge on any atom is -0.382 e. The average molecular weight is 181 g/mol. The van der Waals surface area contributed by atoms with E-state index < -0.39 is 0 Å². The molecule has 1 N–H and O–H groups in total. The molecule has 0 aliphatic rings. The molecule has 1 aromatic rings. The van der Waals surface area contributed by atoms with Gasteiger partial charge in [0.25, 0.3) is 0 Å². The van der Waals surface area contributed by atoms with Crippen molar-refractivity contribution in [1.82, 2.24) is 0 Å². The van der Waals surface area contributed by atoms with Crippen molar-refractivity contribution in [3.05, 3.63) is 30.1 Å². The maximum atomic E-state index is 13.0. The van der Waals surface area contributed by atoms with Gasteiger partial charge in [-0.05, 0) is 19.1 Å². The van der Waals surface area contributed by atoms with Gasteiger partial charge >= 0.3 is 0 Å². The van der Waals surface area contributed by atoms with Crippen LogP contribution >= 0.6 is 0 Å². The summed E-state index contributed by atoms with van der Waals surface area (Å²) >= 11 is 0. The molecule has 1 aromatic carbocycles. The quantitative estimate of drug-likeness (QED) is 0.771. The lowest BCUT2D eigenvalue weighted by molar-refractivity contribution is -0.116. The Labute approximate surface area is 76.8 Å². The van der Waals surface area contributed by atoms with Crippen LogP contribution in [0.4, 0.5) is 10.1 Å². The number of nitrogens with one attached hydrogen (secondary N) is 1. The number of Topliss-reactive ketones (excluding diaryl/α,β-unsaturated/α-hetero) is 1. The molecule has 0 radical (unpaired) electrons. The van der Waals surface area contributed by atoms with Crippen molar-refractivity contribution in [1.29, 1.82) is 0 Å². The molecule has 13 heavy (non-hydrogen) atoms. The molecule has 0 atom stereocenters. The van der Waals surface area contributed by atoms with Crippen LogP contribution < -0.4 is 5.32 Å². The molecule has 70 valence electrons. The fourth-order valence-electron chi connectivity index (χ4n) is 0.978. The monoisotopic (exact) mass is 181 g/mol. The Hall–Kier alpha value is -1.38. The van der Waals surface area contributed by atoms with E-state index in [-0.39, 0.29) is 11.6 Å². The maximum absolute atomic E-state index is 13.0. The number of hydrogen-bond donors (Lipinski definition) is 1. The van der Waals surface area contributed by atoms with Gasteiger partial charge < -0.3 is 5.32 Å². The highest BCUT2D eigenvalue weighted by Gasteiger charge is 1.99. The molecule has 0 saturated heterocycles. The van der Waals surface area contributed by atoms with Crippen LogP contribution in [0.1, 0.15) is 13.3 Å². The third-order valence-corrected chi connectivity index (χ3v) is 1.67. The topological polar surface area (TPSA) is 29.1 Å². The van der Waals surface area contributed by atoms with Gasteiger partial charge in [-0.2, -0.15) is 0 Å². The number of carbonyl (C=O) groups excluding carboxylic acids is 1. The molecule has 0 saturated carbocycles. The predicted octanol–water partition coefficient (Wildman–Crippen LogP) is 2.22. The zero-order chi connectivity index (χ0) is 9.68. The Morgan fingerprint density at radius 3 is 2.77 bits per heavy atom. The largest absolute Gasteiger partial charge is 0.382 e. The molecule has 0 spiro atoms. The normalized spacial score (nSPS) is 9.69. The second-order valence-electron chi connectivity index (χ2n) is 2.86. The first-order valence-corrected chi connectivity index (χ1v) is 4.18. The van der Waals surface area contributed by atoms with Gasteiger partial charge in [-0.3, -0.25) is 4.79 Å². The van der Waals surface area contributed by atoms with E-state index >= 15 is 0 Å². The average Bonchev–Trinajstić information content (AvgIpc) is 2.08. The Bertz CT molecular complexity index is 299.